The summed E-state index contributed by atoms with van der Waals surface area (Å²) >= 11 is 6.20. The zero-order chi connectivity index (χ0) is 26.9. The summed E-state index contributed by atoms with van der Waals surface area (Å²) < 4.78 is 34.8. The van der Waals surface area contributed by atoms with Crippen LogP contribution in [0.1, 0.15) is 31.4 Å². The van der Waals surface area contributed by atoms with Gasteiger partial charge in [-0.3, -0.25) is 13.9 Å². The fraction of sp³-hybridized carbons (Fsp3) is 0.259. The summed E-state index contributed by atoms with van der Waals surface area (Å²) in [5, 5.41) is 5.92. The Morgan fingerprint density at radius 3 is 2.54 bits per heavy atom. The standard InChI is InChI=1S/C27H28ClN3O5S/c1-16(2)36-20-9-7-8-19(14-20)29-26(32)15-24-27(33)30-22-10-5-6-11-23(22)31(24)37(34,35)25-13-17(3)21(28)12-18(25)4/h5-14,16,24H,15H2,1-4H3,(H,29,32)(H,30,33). The molecule has 0 aliphatic carbocycles. The number of carbonyl (C=O) groups is 2. The van der Waals surface area contributed by atoms with E-state index in [0.29, 0.717) is 33.3 Å². The molecule has 0 fully saturated rings. The highest BCUT2D eigenvalue weighted by Crippen LogP contribution is 2.38. The van der Waals surface area contributed by atoms with Crippen molar-refractivity contribution in [1.29, 1.82) is 0 Å². The van der Waals surface area contributed by atoms with Crippen LogP contribution in [-0.4, -0.2) is 32.4 Å². The number of sulfonamides is 1. The number of hydrogen-bond donors (Lipinski definition) is 2. The molecule has 1 aliphatic rings. The Hall–Kier alpha value is -3.56. The van der Waals surface area contributed by atoms with Gasteiger partial charge in [0, 0.05) is 16.8 Å². The Kier molecular flexibility index (Phi) is 7.47. The maximum absolute atomic E-state index is 14.0. The average Bonchev–Trinajstić information content (AvgIpc) is 2.81. The van der Waals surface area contributed by atoms with Crippen molar-refractivity contribution in [3.05, 3.63) is 76.8 Å². The molecule has 2 amide bonds. The van der Waals surface area contributed by atoms with Crippen molar-refractivity contribution in [1.82, 2.24) is 0 Å². The Bertz CT molecular complexity index is 1470. The maximum Gasteiger partial charge on any atom is 0.265 e. The van der Waals surface area contributed by atoms with Crippen molar-refractivity contribution < 1.29 is 22.7 Å². The summed E-state index contributed by atoms with van der Waals surface area (Å²) in [6.07, 6.45) is -0.448. The lowest BCUT2D eigenvalue weighted by Gasteiger charge is -2.37. The molecule has 10 heteroatoms. The van der Waals surface area contributed by atoms with E-state index in [1.165, 1.54) is 6.07 Å². The van der Waals surface area contributed by atoms with Crippen LogP contribution in [0, 0.1) is 13.8 Å². The average molecular weight is 542 g/mol. The van der Waals surface area contributed by atoms with Crippen molar-refractivity contribution in [2.24, 2.45) is 0 Å². The minimum absolute atomic E-state index is 0.0165. The SMILES string of the molecule is Cc1cc(S(=O)(=O)N2c3ccccc3NC(=O)C2CC(=O)Nc2cccc(OC(C)C)c2)c(C)cc1Cl. The zero-order valence-corrected chi connectivity index (χ0v) is 22.5. The van der Waals surface area contributed by atoms with Gasteiger partial charge in [-0.1, -0.05) is 29.8 Å². The third-order valence-corrected chi connectivity index (χ3v) is 8.22. The fourth-order valence-corrected chi connectivity index (χ4v) is 6.32. The first-order chi connectivity index (χ1) is 17.5. The summed E-state index contributed by atoms with van der Waals surface area (Å²) in [7, 11) is -4.25. The van der Waals surface area contributed by atoms with Crippen LogP contribution in [0.3, 0.4) is 0 Å². The molecule has 3 aromatic rings. The number of rotatable bonds is 7. The van der Waals surface area contributed by atoms with Crippen LogP contribution in [0.25, 0.3) is 0 Å². The van der Waals surface area contributed by atoms with Crippen LogP contribution < -0.4 is 19.7 Å². The number of carbonyl (C=O) groups excluding carboxylic acids is 2. The van der Waals surface area contributed by atoms with Gasteiger partial charge >= 0.3 is 0 Å². The lowest BCUT2D eigenvalue weighted by atomic mass is 10.1. The molecule has 1 atom stereocenters. The molecule has 8 nitrogen and oxygen atoms in total. The first kappa shape index (κ1) is 26.5. The number of ether oxygens (including phenoxy) is 1. The van der Waals surface area contributed by atoms with E-state index in [4.69, 9.17) is 16.3 Å². The molecule has 0 bridgehead atoms. The highest BCUT2D eigenvalue weighted by Gasteiger charge is 2.42. The number of nitrogens with zero attached hydrogens (tertiary/aromatic N) is 1. The van der Waals surface area contributed by atoms with Gasteiger partial charge in [0.05, 0.1) is 28.8 Å². The molecule has 37 heavy (non-hydrogen) atoms. The van der Waals surface area contributed by atoms with Crippen molar-refractivity contribution in [3.63, 3.8) is 0 Å². The van der Waals surface area contributed by atoms with E-state index in [2.05, 4.69) is 10.6 Å². The predicted octanol–water partition coefficient (Wildman–Crippen LogP) is 5.29. The van der Waals surface area contributed by atoms with Crippen molar-refractivity contribution in [2.45, 2.75) is 51.2 Å². The summed E-state index contributed by atoms with van der Waals surface area (Å²) in [5.41, 5.74) is 2.11. The third-order valence-electron chi connectivity index (χ3n) is 5.85. The van der Waals surface area contributed by atoms with E-state index in [1.807, 2.05) is 13.8 Å². The smallest absolute Gasteiger partial charge is 0.265 e. The summed E-state index contributed by atoms with van der Waals surface area (Å²) in [5.74, 6) is -0.544. The topological polar surface area (TPSA) is 105 Å². The number of fused-ring (bicyclic) bond motifs is 1. The number of nitrogens with one attached hydrogen (secondary N) is 2. The van der Waals surface area contributed by atoms with Gasteiger partial charge in [0.25, 0.3) is 10.0 Å². The van der Waals surface area contributed by atoms with Crippen LogP contribution in [0.4, 0.5) is 17.1 Å². The van der Waals surface area contributed by atoms with Crippen LogP contribution in [0.15, 0.2) is 65.6 Å². The van der Waals surface area contributed by atoms with Crippen LogP contribution in [0.2, 0.25) is 5.02 Å². The van der Waals surface area contributed by atoms with Crippen molar-refractivity contribution in [3.8, 4) is 5.75 Å². The van der Waals surface area contributed by atoms with Gasteiger partial charge in [0.15, 0.2) is 0 Å². The second kappa shape index (κ2) is 10.4. The molecule has 0 saturated heterocycles. The molecule has 4 rings (SSSR count). The van der Waals surface area contributed by atoms with Gasteiger partial charge in [-0.15, -0.1) is 0 Å². The molecule has 0 saturated carbocycles. The third kappa shape index (κ3) is 5.57. The van der Waals surface area contributed by atoms with Crippen molar-refractivity contribution >= 4 is 50.5 Å². The number of hydrogen-bond acceptors (Lipinski definition) is 5. The molecule has 0 radical (unpaired) electrons. The Morgan fingerprint density at radius 2 is 1.81 bits per heavy atom. The first-order valence-electron chi connectivity index (χ1n) is 11.7. The second-order valence-electron chi connectivity index (χ2n) is 9.14. The Balaban J connectivity index is 1.70. The normalized spacial score (nSPS) is 15.2. The van der Waals surface area contributed by atoms with Gasteiger partial charge in [-0.25, -0.2) is 8.42 Å². The first-order valence-corrected chi connectivity index (χ1v) is 13.6. The number of anilines is 3. The van der Waals surface area contributed by atoms with E-state index < -0.39 is 34.3 Å². The zero-order valence-electron chi connectivity index (χ0n) is 20.9. The Labute approximate surface area is 221 Å². The molecule has 1 unspecified atom stereocenters. The fourth-order valence-electron chi connectivity index (χ4n) is 4.18. The second-order valence-corrected chi connectivity index (χ2v) is 11.3. The van der Waals surface area contributed by atoms with Crippen molar-refractivity contribution in [2.75, 3.05) is 14.9 Å². The van der Waals surface area contributed by atoms with E-state index in [1.54, 1.807) is 68.4 Å². The van der Waals surface area contributed by atoms with Crippen LogP contribution >= 0.6 is 11.6 Å². The quantitative estimate of drug-likeness (QED) is 0.423. The highest BCUT2D eigenvalue weighted by atomic mass is 35.5. The minimum atomic E-state index is -4.25. The largest absolute Gasteiger partial charge is 0.491 e. The molecular formula is C27H28ClN3O5S. The highest BCUT2D eigenvalue weighted by molar-refractivity contribution is 7.93. The van der Waals surface area contributed by atoms with Gasteiger partial charge in [-0.05, 0) is 75.2 Å². The monoisotopic (exact) mass is 541 g/mol. The molecule has 0 spiro atoms. The molecule has 1 aliphatic heterocycles. The summed E-state index contributed by atoms with van der Waals surface area (Å²) in [6, 6.07) is 15.2. The van der Waals surface area contributed by atoms with Gasteiger partial charge < -0.3 is 15.4 Å². The lowest BCUT2D eigenvalue weighted by Crippen LogP contribution is -2.52. The van der Waals surface area contributed by atoms with E-state index >= 15 is 0 Å². The molecule has 3 aromatic carbocycles. The predicted molar refractivity (Wildman–Crippen MR) is 145 cm³/mol. The molecule has 194 valence electrons. The van der Waals surface area contributed by atoms with E-state index in [-0.39, 0.29) is 16.7 Å². The minimum Gasteiger partial charge on any atom is -0.491 e. The summed E-state index contributed by atoms with van der Waals surface area (Å²) in [6.45, 7) is 7.13. The van der Waals surface area contributed by atoms with E-state index in [9.17, 15) is 18.0 Å². The number of para-hydroxylation sites is 2. The lowest BCUT2D eigenvalue weighted by molar-refractivity contribution is -0.122. The van der Waals surface area contributed by atoms with Crippen LogP contribution in [0.5, 0.6) is 5.75 Å². The maximum atomic E-state index is 14.0. The summed E-state index contributed by atoms with van der Waals surface area (Å²) in [4.78, 5) is 26.3. The molecule has 0 aromatic heterocycles. The molecular weight excluding hydrogens is 514 g/mol. The Morgan fingerprint density at radius 1 is 1.08 bits per heavy atom. The number of aryl methyl sites for hydroxylation is 2. The number of benzene rings is 3. The van der Waals surface area contributed by atoms with Gasteiger partial charge in [0.2, 0.25) is 11.8 Å². The van der Waals surface area contributed by atoms with E-state index in [0.717, 1.165) is 4.31 Å². The molecule has 1 heterocycles. The van der Waals surface area contributed by atoms with Crippen LogP contribution in [-0.2, 0) is 19.6 Å². The number of halogens is 1. The van der Waals surface area contributed by atoms with Gasteiger partial charge in [-0.2, -0.15) is 0 Å². The molecule has 2 N–H and O–H groups in total. The number of amides is 2. The van der Waals surface area contributed by atoms with Gasteiger partial charge in [0.1, 0.15) is 11.8 Å².